The summed E-state index contributed by atoms with van der Waals surface area (Å²) in [4.78, 5) is 19.0. The van der Waals surface area contributed by atoms with Crippen LogP contribution in [0.4, 0.5) is 26.3 Å². The molecule has 0 aliphatic rings. The lowest BCUT2D eigenvalue weighted by Gasteiger charge is -2.16. The highest BCUT2D eigenvalue weighted by Gasteiger charge is 2.48. The van der Waals surface area contributed by atoms with E-state index < -0.39 is 49.5 Å². The Morgan fingerprint density at radius 2 is 1.83 bits per heavy atom. The van der Waals surface area contributed by atoms with E-state index in [4.69, 9.17) is 5.26 Å². The zero-order chi connectivity index (χ0) is 27.1. The highest BCUT2D eigenvalue weighted by atomic mass is 79.9. The van der Waals surface area contributed by atoms with Gasteiger partial charge in [-0.2, -0.15) is 36.3 Å². The predicted molar refractivity (Wildman–Crippen MR) is 112 cm³/mol. The summed E-state index contributed by atoms with van der Waals surface area (Å²) in [6.45, 7) is 1.34. The van der Waals surface area contributed by atoms with Gasteiger partial charge in [0, 0.05) is 11.8 Å². The summed E-state index contributed by atoms with van der Waals surface area (Å²) in [5.74, 6) is -1.16. The largest absolute Gasteiger partial charge is 0.501 e. The number of hydrogen-bond acceptors (Lipinski definition) is 7. The van der Waals surface area contributed by atoms with Crippen LogP contribution in [-0.4, -0.2) is 39.6 Å². The van der Waals surface area contributed by atoms with Crippen molar-refractivity contribution in [2.45, 2.75) is 29.5 Å². The molecule has 0 radical (unpaired) electrons. The fourth-order valence-corrected chi connectivity index (χ4v) is 4.02. The van der Waals surface area contributed by atoms with Crippen molar-refractivity contribution < 1.29 is 39.6 Å². The third-order valence-electron chi connectivity index (χ3n) is 4.55. The maximum absolute atomic E-state index is 13.3. The van der Waals surface area contributed by atoms with Gasteiger partial charge < -0.3 is 5.32 Å². The third kappa shape index (κ3) is 5.49. The van der Waals surface area contributed by atoms with E-state index in [0.717, 1.165) is 4.68 Å². The average molecular weight is 597 g/mol. The molecule has 3 aromatic rings. The van der Waals surface area contributed by atoms with Crippen LogP contribution in [0.1, 0.15) is 40.3 Å². The summed E-state index contributed by atoms with van der Waals surface area (Å²) < 4.78 is 103. The van der Waals surface area contributed by atoms with Gasteiger partial charge in [0.05, 0.1) is 22.1 Å². The van der Waals surface area contributed by atoms with E-state index in [-0.39, 0.29) is 40.1 Å². The van der Waals surface area contributed by atoms with Crippen LogP contribution in [0.3, 0.4) is 0 Å². The van der Waals surface area contributed by atoms with E-state index in [1.54, 1.807) is 0 Å². The molecule has 190 valence electrons. The molecule has 0 aliphatic carbocycles. The minimum atomic E-state index is -6.18. The molecule has 1 amide bonds. The molecular formula is C19H11BrF6N6O3S. The molecule has 3 rings (SSSR count). The Balaban J connectivity index is 2.00. The zero-order valence-electron chi connectivity index (χ0n) is 17.6. The lowest BCUT2D eigenvalue weighted by atomic mass is 10.1. The maximum atomic E-state index is 13.3. The first kappa shape index (κ1) is 27.1. The molecule has 0 bridgehead atoms. The quantitative estimate of drug-likeness (QED) is 0.439. The van der Waals surface area contributed by atoms with Gasteiger partial charge in [-0.25, -0.2) is 18.4 Å². The lowest BCUT2D eigenvalue weighted by molar-refractivity contribution is -0.137. The van der Waals surface area contributed by atoms with Crippen molar-refractivity contribution in [1.82, 2.24) is 25.1 Å². The average Bonchev–Trinajstić information content (AvgIpc) is 3.19. The highest BCUT2D eigenvalue weighted by Crippen LogP contribution is 2.36. The molecule has 0 spiro atoms. The summed E-state index contributed by atoms with van der Waals surface area (Å²) in [5.41, 5.74) is -8.41. The van der Waals surface area contributed by atoms with E-state index in [2.05, 4.69) is 36.3 Å². The lowest BCUT2D eigenvalue weighted by Crippen LogP contribution is -2.30. The summed E-state index contributed by atoms with van der Waals surface area (Å²) in [6, 6.07) is 3.79. The van der Waals surface area contributed by atoms with Crippen LogP contribution in [-0.2, 0) is 16.0 Å². The number of hydrogen-bond donors (Lipinski definition) is 1. The van der Waals surface area contributed by atoms with E-state index in [1.807, 2.05) is 6.07 Å². The molecule has 2 heterocycles. The number of amides is 1. The van der Waals surface area contributed by atoms with Crippen molar-refractivity contribution >= 4 is 31.7 Å². The molecule has 1 aromatic carbocycles. The van der Waals surface area contributed by atoms with Gasteiger partial charge in [0.15, 0.2) is 11.6 Å². The fourth-order valence-electron chi connectivity index (χ4n) is 2.85. The first-order chi connectivity index (χ1) is 16.5. The van der Waals surface area contributed by atoms with E-state index in [0.29, 0.717) is 0 Å². The Labute approximate surface area is 206 Å². The van der Waals surface area contributed by atoms with Gasteiger partial charge in [-0.1, -0.05) is 0 Å². The van der Waals surface area contributed by atoms with Crippen LogP contribution < -0.4 is 5.32 Å². The van der Waals surface area contributed by atoms with Crippen LogP contribution in [0.5, 0.6) is 0 Å². The molecule has 1 N–H and O–H groups in total. The summed E-state index contributed by atoms with van der Waals surface area (Å²) in [6.07, 6.45) is -4.02. The Hall–Kier alpha value is -3.52. The number of alkyl halides is 6. The minimum absolute atomic E-state index is 0.00236. The minimum Gasteiger partial charge on any atom is -0.342 e. The van der Waals surface area contributed by atoms with Crippen molar-refractivity contribution in [3.63, 3.8) is 0 Å². The number of benzene rings is 1. The second kappa shape index (κ2) is 9.50. The molecule has 9 nitrogen and oxygen atoms in total. The van der Waals surface area contributed by atoms with Gasteiger partial charge in [0.25, 0.3) is 15.7 Å². The number of pyridine rings is 1. The summed E-state index contributed by atoms with van der Waals surface area (Å²) in [5, 5.41) is 15.2. The van der Waals surface area contributed by atoms with Crippen LogP contribution in [0.25, 0.3) is 5.82 Å². The SMILES string of the molecule is CC(NC(=O)c1cc(C(F)(F)F)cc(S(=O)(=O)C(F)(F)F)c1)c1nc(Br)nn1-c1ccc(C#N)cn1. The van der Waals surface area contributed by atoms with Crippen molar-refractivity contribution in [2.24, 2.45) is 0 Å². The standard InChI is InChI=1S/C19H11BrF6N6O3S/c1-9(15-30-17(20)31-32(15)14-3-2-10(7-27)8-28-14)29-16(33)11-4-12(18(21,22)23)6-13(5-11)36(34,35)19(24,25)26/h2-6,8-9H,1H3,(H,29,33). The molecule has 0 saturated heterocycles. The van der Waals surface area contributed by atoms with Crippen LogP contribution in [0.2, 0.25) is 0 Å². The number of sulfone groups is 1. The Kier molecular flexibility index (Phi) is 7.15. The van der Waals surface area contributed by atoms with Crippen molar-refractivity contribution in [2.75, 3.05) is 0 Å². The van der Waals surface area contributed by atoms with Gasteiger partial charge in [0.1, 0.15) is 6.07 Å². The number of nitriles is 1. The first-order valence-electron chi connectivity index (χ1n) is 9.38. The van der Waals surface area contributed by atoms with Crippen molar-refractivity contribution in [3.8, 4) is 11.9 Å². The number of nitrogens with one attached hydrogen (secondary N) is 1. The Morgan fingerprint density at radius 1 is 1.17 bits per heavy atom. The number of carbonyl (C=O) groups is 1. The molecule has 0 aliphatic heterocycles. The normalized spacial score (nSPS) is 13.2. The molecule has 36 heavy (non-hydrogen) atoms. The molecule has 1 atom stereocenters. The van der Waals surface area contributed by atoms with Crippen molar-refractivity contribution in [3.05, 3.63) is 63.8 Å². The highest BCUT2D eigenvalue weighted by molar-refractivity contribution is 9.10. The predicted octanol–water partition coefficient (Wildman–Crippen LogP) is 4.10. The van der Waals surface area contributed by atoms with Gasteiger partial charge >= 0.3 is 11.7 Å². The summed E-state index contributed by atoms with van der Waals surface area (Å²) in [7, 11) is -6.18. The zero-order valence-corrected chi connectivity index (χ0v) is 20.0. The Bertz CT molecular complexity index is 1460. The number of halogens is 7. The van der Waals surface area contributed by atoms with Gasteiger partial charge in [-0.3, -0.25) is 4.79 Å². The van der Waals surface area contributed by atoms with Gasteiger partial charge in [-0.05, 0) is 53.2 Å². The third-order valence-corrected chi connectivity index (χ3v) is 6.35. The smallest absolute Gasteiger partial charge is 0.342 e. The second-order valence-electron chi connectivity index (χ2n) is 7.06. The van der Waals surface area contributed by atoms with E-state index in [9.17, 15) is 39.6 Å². The van der Waals surface area contributed by atoms with Crippen LogP contribution in [0.15, 0.2) is 46.2 Å². The topological polar surface area (TPSA) is 131 Å². The number of nitrogens with zero attached hydrogens (tertiary/aromatic N) is 5. The van der Waals surface area contributed by atoms with Gasteiger partial charge in [-0.15, -0.1) is 5.10 Å². The van der Waals surface area contributed by atoms with Crippen LogP contribution >= 0.6 is 15.9 Å². The Morgan fingerprint density at radius 3 is 2.36 bits per heavy atom. The molecule has 17 heteroatoms. The van der Waals surface area contributed by atoms with Crippen molar-refractivity contribution in [1.29, 1.82) is 5.26 Å². The fraction of sp³-hybridized carbons (Fsp3) is 0.211. The number of carbonyl (C=O) groups excluding carboxylic acids is 1. The van der Waals surface area contributed by atoms with Crippen LogP contribution in [0, 0.1) is 11.3 Å². The molecule has 0 saturated carbocycles. The molecule has 2 aromatic heterocycles. The molecule has 0 fully saturated rings. The maximum Gasteiger partial charge on any atom is 0.501 e. The van der Waals surface area contributed by atoms with E-state index >= 15 is 0 Å². The molecule has 1 unspecified atom stereocenters. The monoisotopic (exact) mass is 596 g/mol. The second-order valence-corrected chi connectivity index (χ2v) is 9.71. The number of aromatic nitrogens is 4. The summed E-state index contributed by atoms with van der Waals surface area (Å²) >= 11 is 3.04. The first-order valence-corrected chi connectivity index (χ1v) is 11.7. The van der Waals surface area contributed by atoms with E-state index in [1.165, 1.54) is 25.3 Å². The molecular weight excluding hydrogens is 586 g/mol. The number of rotatable bonds is 5. The van der Waals surface area contributed by atoms with Gasteiger partial charge in [0.2, 0.25) is 4.73 Å².